The van der Waals surface area contributed by atoms with Gasteiger partial charge in [-0.05, 0) is 55.0 Å². The van der Waals surface area contributed by atoms with Gasteiger partial charge in [0, 0.05) is 0 Å². The van der Waals surface area contributed by atoms with Gasteiger partial charge < -0.3 is 9.47 Å². The van der Waals surface area contributed by atoms with Gasteiger partial charge in [-0.25, -0.2) is 14.6 Å². The molecule has 8 heteroatoms. The standard InChI is InChI=1S/C28H23ClN2O5/c1-3-15-36-25-23(29)17-19(18-24(25)35-4-2)16-22-26(32)30(20-11-7-5-8-12-20)28(34)31(27(22)33)21-13-9-6-10-14-21/h3,5-14,16-18H,1,4,15H2,2H3. The monoisotopic (exact) mass is 502 g/mol. The average molecular weight is 503 g/mol. The zero-order valence-corrected chi connectivity index (χ0v) is 20.3. The Morgan fingerprint density at radius 3 is 1.92 bits per heavy atom. The van der Waals surface area contributed by atoms with Gasteiger partial charge >= 0.3 is 6.03 Å². The van der Waals surface area contributed by atoms with E-state index in [9.17, 15) is 14.4 Å². The van der Waals surface area contributed by atoms with Crippen LogP contribution < -0.4 is 19.3 Å². The molecule has 1 saturated heterocycles. The SMILES string of the molecule is C=CCOc1c(Cl)cc(C=C2C(=O)N(c3ccccc3)C(=O)N(c3ccccc3)C2=O)cc1OCC. The molecule has 3 aromatic carbocycles. The van der Waals surface area contributed by atoms with E-state index in [1.165, 1.54) is 6.08 Å². The first-order valence-corrected chi connectivity index (χ1v) is 11.6. The number of amides is 4. The quantitative estimate of drug-likeness (QED) is 0.218. The Kier molecular flexibility index (Phi) is 7.51. The molecule has 0 unspecified atom stereocenters. The lowest BCUT2D eigenvalue weighted by Crippen LogP contribution is -2.57. The molecule has 1 heterocycles. The van der Waals surface area contributed by atoms with Crippen LogP contribution in [0.4, 0.5) is 16.2 Å². The van der Waals surface area contributed by atoms with E-state index >= 15 is 0 Å². The lowest BCUT2D eigenvalue weighted by Gasteiger charge is -2.34. The van der Waals surface area contributed by atoms with Crippen molar-refractivity contribution in [2.24, 2.45) is 0 Å². The maximum Gasteiger partial charge on any atom is 0.343 e. The molecule has 0 saturated carbocycles. The smallest absolute Gasteiger partial charge is 0.343 e. The number of hydrogen-bond acceptors (Lipinski definition) is 5. The number of carbonyl (C=O) groups is 3. The molecule has 1 aliphatic rings. The lowest BCUT2D eigenvalue weighted by molar-refractivity contribution is -0.121. The van der Waals surface area contributed by atoms with Crippen LogP contribution >= 0.6 is 11.6 Å². The fourth-order valence-corrected chi connectivity index (χ4v) is 4.00. The van der Waals surface area contributed by atoms with Crippen molar-refractivity contribution in [1.29, 1.82) is 0 Å². The van der Waals surface area contributed by atoms with Gasteiger partial charge in [-0.2, -0.15) is 0 Å². The van der Waals surface area contributed by atoms with Crippen LogP contribution in [0.1, 0.15) is 12.5 Å². The van der Waals surface area contributed by atoms with Crippen LogP contribution in [0.5, 0.6) is 11.5 Å². The Hall–Kier alpha value is -4.36. The lowest BCUT2D eigenvalue weighted by atomic mass is 10.0. The number of rotatable bonds is 8. The van der Waals surface area contributed by atoms with Crippen molar-refractivity contribution in [2.45, 2.75) is 6.92 Å². The summed E-state index contributed by atoms with van der Waals surface area (Å²) in [6.07, 6.45) is 2.98. The van der Waals surface area contributed by atoms with E-state index < -0.39 is 17.8 Å². The fourth-order valence-electron chi connectivity index (χ4n) is 3.72. The van der Waals surface area contributed by atoms with Crippen LogP contribution in [0, 0.1) is 0 Å². The normalized spacial score (nSPS) is 13.6. The molecular weight excluding hydrogens is 480 g/mol. The van der Waals surface area contributed by atoms with Crippen molar-refractivity contribution in [3.8, 4) is 11.5 Å². The molecule has 0 bridgehead atoms. The minimum atomic E-state index is -0.763. The minimum absolute atomic E-state index is 0.208. The third-order valence-corrected chi connectivity index (χ3v) is 5.55. The first kappa shape index (κ1) is 24.8. The van der Waals surface area contributed by atoms with E-state index in [2.05, 4.69) is 6.58 Å². The van der Waals surface area contributed by atoms with Gasteiger partial charge in [0.05, 0.1) is 23.0 Å². The molecule has 0 atom stereocenters. The molecule has 0 aliphatic carbocycles. The number of benzene rings is 3. The number of barbiturate groups is 1. The number of imide groups is 2. The van der Waals surface area contributed by atoms with Crippen LogP contribution in [-0.4, -0.2) is 31.1 Å². The highest BCUT2D eigenvalue weighted by atomic mass is 35.5. The zero-order valence-electron chi connectivity index (χ0n) is 19.5. The third-order valence-electron chi connectivity index (χ3n) is 5.27. The summed E-state index contributed by atoms with van der Waals surface area (Å²) in [5.74, 6) is -0.812. The third kappa shape index (κ3) is 4.87. The Morgan fingerprint density at radius 1 is 0.861 bits per heavy atom. The van der Waals surface area contributed by atoms with Crippen molar-refractivity contribution >= 4 is 46.9 Å². The number of anilines is 2. The number of carbonyl (C=O) groups excluding carboxylic acids is 3. The van der Waals surface area contributed by atoms with Crippen molar-refractivity contribution in [1.82, 2.24) is 0 Å². The van der Waals surface area contributed by atoms with E-state index in [1.54, 1.807) is 78.9 Å². The highest BCUT2D eigenvalue weighted by Gasteiger charge is 2.43. The summed E-state index contributed by atoms with van der Waals surface area (Å²) in [4.78, 5) is 42.4. The van der Waals surface area contributed by atoms with Crippen molar-refractivity contribution in [3.05, 3.63) is 102 Å². The Balaban J connectivity index is 1.85. The topological polar surface area (TPSA) is 76.2 Å². The molecule has 3 aromatic rings. The molecule has 7 nitrogen and oxygen atoms in total. The molecule has 1 fully saturated rings. The summed E-state index contributed by atoms with van der Waals surface area (Å²) in [5, 5.41) is 0.237. The van der Waals surface area contributed by atoms with Crippen LogP contribution in [0.2, 0.25) is 5.02 Å². The molecule has 0 spiro atoms. The van der Waals surface area contributed by atoms with E-state index in [0.29, 0.717) is 35.0 Å². The van der Waals surface area contributed by atoms with E-state index in [4.69, 9.17) is 21.1 Å². The van der Waals surface area contributed by atoms with Crippen LogP contribution in [-0.2, 0) is 9.59 Å². The molecule has 4 rings (SSSR count). The summed E-state index contributed by atoms with van der Waals surface area (Å²) in [6, 6.07) is 19.3. The van der Waals surface area contributed by atoms with Gasteiger partial charge in [-0.3, -0.25) is 9.59 Å². The summed E-state index contributed by atoms with van der Waals surface area (Å²) in [7, 11) is 0. The highest BCUT2D eigenvalue weighted by Crippen LogP contribution is 2.38. The number of nitrogens with zero attached hydrogens (tertiary/aromatic N) is 2. The number of ether oxygens (including phenoxy) is 2. The highest BCUT2D eigenvalue weighted by molar-refractivity contribution is 6.46. The first-order valence-electron chi connectivity index (χ1n) is 11.2. The molecule has 0 radical (unpaired) electrons. The molecule has 36 heavy (non-hydrogen) atoms. The van der Waals surface area contributed by atoms with Crippen molar-refractivity contribution in [3.63, 3.8) is 0 Å². The van der Waals surface area contributed by atoms with Crippen molar-refractivity contribution in [2.75, 3.05) is 23.0 Å². The Bertz CT molecular complexity index is 1280. The molecular formula is C28H23ClN2O5. The summed E-state index contributed by atoms with van der Waals surface area (Å²) in [6.45, 7) is 6.01. The van der Waals surface area contributed by atoms with E-state index in [1.807, 2.05) is 6.92 Å². The Morgan fingerprint density at radius 2 is 1.42 bits per heavy atom. The van der Waals surface area contributed by atoms with Crippen LogP contribution in [0.25, 0.3) is 6.08 Å². The first-order chi connectivity index (χ1) is 17.5. The molecule has 182 valence electrons. The maximum atomic E-state index is 13.5. The fraction of sp³-hybridized carbons (Fsp3) is 0.107. The number of para-hydroxylation sites is 2. The van der Waals surface area contributed by atoms with Gasteiger partial charge in [0.2, 0.25) is 0 Å². The second kappa shape index (κ2) is 10.9. The predicted octanol–water partition coefficient (Wildman–Crippen LogP) is 5.89. The number of hydrogen-bond donors (Lipinski definition) is 0. The molecule has 4 amide bonds. The van der Waals surface area contributed by atoms with Crippen LogP contribution in [0.3, 0.4) is 0 Å². The van der Waals surface area contributed by atoms with E-state index in [0.717, 1.165) is 9.80 Å². The molecule has 0 N–H and O–H groups in total. The largest absolute Gasteiger partial charge is 0.490 e. The van der Waals surface area contributed by atoms with Gasteiger partial charge in [0.25, 0.3) is 11.8 Å². The summed E-state index contributed by atoms with van der Waals surface area (Å²) < 4.78 is 11.3. The van der Waals surface area contributed by atoms with Gasteiger partial charge in [0.15, 0.2) is 11.5 Å². The second-order valence-electron chi connectivity index (χ2n) is 7.66. The van der Waals surface area contributed by atoms with Gasteiger partial charge in [-0.1, -0.05) is 60.7 Å². The average Bonchev–Trinajstić information content (AvgIpc) is 2.88. The zero-order chi connectivity index (χ0) is 25.7. The van der Waals surface area contributed by atoms with Gasteiger partial charge in [0.1, 0.15) is 12.2 Å². The van der Waals surface area contributed by atoms with Crippen LogP contribution in [0.15, 0.2) is 91.0 Å². The molecule has 1 aliphatic heterocycles. The van der Waals surface area contributed by atoms with Gasteiger partial charge in [-0.15, -0.1) is 0 Å². The second-order valence-corrected chi connectivity index (χ2v) is 8.06. The summed E-state index contributed by atoms with van der Waals surface area (Å²) >= 11 is 6.46. The summed E-state index contributed by atoms with van der Waals surface area (Å²) in [5.41, 5.74) is 0.906. The number of urea groups is 1. The predicted molar refractivity (Wildman–Crippen MR) is 140 cm³/mol. The maximum absolute atomic E-state index is 13.5. The minimum Gasteiger partial charge on any atom is -0.490 e. The van der Waals surface area contributed by atoms with E-state index in [-0.39, 0.29) is 17.2 Å². The van der Waals surface area contributed by atoms with Crippen molar-refractivity contribution < 1.29 is 23.9 Å². The molecule has 0 aromatic heterocycles. The Labute approximate surface area is 213 Å². The number of halogens is 1.